The topological polar surface area (TPSA) is 175 Å². The molecule has 1 saturated heterocycles. The van der Waals surface area contributed by atoms with Gasteiger partial charge in [0.05, 0.1) is 6.61 Å². The van der Waals surface area contributed by atoms with Crippen molar-refractivity contribution in [3.63, 3.8) is 0 Å². The molecule has 1 heterocycles. The summed E-state index contributed by atoms with van der Waals surface area (Å²) in [6.07, 6.45) is 47.7. The Hall–Kier alpha value is -3.58. The van der Waals surface area contributed by atoms with Crippen LogP contribution in [0.3, 0.4) is 0 Å². The number of rotatable bonds is 49. The highest BCUT2D eigenvalue weighted by Crippen LogP contribution is 2.26. The van der Waals surface area contributed by atoms with Crippen LogP contribution in [0.5, 0.6) is 0 Å². The number of hydrogen-bond donors (Lipinski definition) is 3. The Labute approximate surface area is 443 Å². The molecule has 0 aromatic rings. The maximum atomic E-state index is 13.1. The summed E-state index contributed by atoms with van der Waals surface area (Å²) < 4.78 is 28.3. The van der Waals surface area contributed by atoms with E-state index in [4.69, 9.17) is 23.7 Å². The predicted octanol–water partition coefficient (Wildman–Crippen LogP) is 14.8. The second-order valence-corrected chi connectivity index (χ2v) is 19.9. The number of aliphatic hydroxyl groups is 2. The number of carbonyl (C=O) groups excluding carboxylic acids is 3. The molecule has 1 rings (SSSR count). The smallest absolute Gasteiger partial charge is 0.335 e. The van der Waals surface area contributed by atoms with Crippen LogP contribution in [0.1, 0.15) is 252 Å². The Morgan fingerprint density at radius 1 is 0.452 bits per heavy atom. The van der Waals surface area contributed by atoms with Crippen LogP contribution in [0.4, 0.5) is 0 Å². The number of aliphatic hydroxyl groups excluding tert-OH is 2. The zero-order valence-electron chi connectivity index (χ0n) is 46.1. The van der Waals surface area contributed by atoms with Gasteiger partial charge in [-0.3, -0.25) is 14.4 Å². The van der Waals surface area contributed by atoms with Gasteiger partial charge in [0.1, 0.15) is 18.8 Å². The molecule has 0 radical (unpaired) electrons. The van der Waals surface area contributed by atoms with E-state index in [9.17, 15) is 34.5 Å². The average Bonchev–Trinajstić information content (AvgIpc) is 3.37. The first-order valence-corrected chi connectivity index (χ1v) is 29.3. The van der Waals surface area contributed by atoms with Crippen LogP contribution in [0.2, 0.25) is 0 Å². The van der Waals surface area contributed by atoms with Crippen LogP contribution in [-0.4, -0.2) is 89.2 Å². The highest BCUT2D eigenvalue weighted by molar-refractivity contribution is 5.74. The molecule has 0 saturated carbocycles. The van der Waals surface area contributed by atoms with Gasteiger partial charge >= 0.3 is 23.9 Å². The monoisotopic (exact) mass is 1030 g/mol. The quantitative estimate of drug-likeness (QED) is 0.0228. The number of carboxylic acid groups (broad SMARTS) is 1. The third kappa shape index (κ3) is 39.5. The molecule has 12 heteroatoms. The lowest BCUT2D eigenvalue weighted by molar-refractivity contribution is -0.301. The number of ether oxygens (including phenoxy) is 5. The van der Waals surface area contributed by atoms with E-state index in [1.165, 1.54) is 70.6 Å². The molecule has 73 heavy (non-hydrogen) atoms. The Balaban J connectivity index is 2.68. The van der Waals surface area contributed by atoms with Crippen molar-refractivity contribution in [2.24, 2.45) is 0 Å². The van der Waals surface area contributed by atoms with Crippen LogP contribution in [0.25, 0.3) is 0 Å². The van der Waals surface area contributed by atoms with E-state index in [0.29, 0.717) is 19.3 Å². The third-order valence-corrected chi connectivity index (χ3v) is 13.1. The van der Waals surface area contributed by atoms with E-state index in [2.05, 4.69) is 81.5 Å². The number of aliphatic carboxylic acids is 1. The van der Waals surface area contributed by atoms with Crippen molar-refractivity contribution in [3.8, 4) is 0 Å². The Bertz CT molecular complexity index is 1500. The molecule has 6 unspecified atom stereocenters. The summed E-state index contributed by atoms with van der Waals surface area (Å²) in [7, 11) is 0. The Morgan fingerprint density at radius 2 is 0.822 bits per heavy atom. The van der Waals surface area contributed by atoms with E-state index < -0.39 is 67.3 Å². The first-order valence-electron chi connectivity index (χ1n) is 29.3. The molecule has 6 atom stereocenters. The van der Waals surface area contributed by atoms with Crippen LogP contribution < -0.4 is 0 Å². The zero-order chi connectivity index (χ0) is 53.3. The molecule has 3 N–H and O–H groups in total. The van der Waals surface area contributed by atoms with Gasteiger partial charge in [-0.2, -0.15) is 0 Å². The molecule has 0 amide bonds. The fraction of sp³-hybridized carbons (Fsp3) is 0.770. The summed E-state index contributed by atoms with van der Waals surface area (Å²) in [5, 5.41) is 31.4. The number of esters is 3. The Kier molecular flexibility index (Phi) is 45.5. The first-order chi connectivity index (χ1) is 35.6. The van der Waals surface area contributed by atoms with Crippen molar-refractivity contribution < 1.29 is 58.2 Å². The summed E-state index contributed by atoms with van der Waals surface area (Å²) in [6, 6.07) is 0. The highest BCUT2D eigenvalue weighted by atomic mass is 16.7. The van der Waals surface area contributed by atoms with Gasteiger partial charge in [0.2, 0.25) is 0 Å². The van der Waals surface area contributed by atoms with Crippen molar-refractivity contribution in [1.29, 1.82) is 0 Å². The van der Waals surface area contributed by atoms with Crippen molar-refractivity contribution >= 4 is 23.9 Å². The lowest BCUT2D eigenvalue weighted by atomic mass is 9.98. The molecule has 1 aliphatic rings. The van der Waals surface area contributed by atoms with E-state index in [1.807, 2.05) is 0 Å². The summed E-state index contributed by atoms with van der Waals surface area (Å²) in [6.45, 7) is 5.88. The summed E-state index contributed by atoms with van der Waals surface area (Å²) in [5.74, 6) is -3.15. The number of carboxylic acids is 1. The SMILES string of the molecule is CCCCC/C=C\C/C=C\C/C=C\CCCCCCCCC(=O)OCC(COC1OC(C(=O)O)C(O)C(O)C1OC(=O)CCCCCCCCCCC)OC(=O)CCCCCCC/C=C\C/C=C\CCCCC. The second kappa shape index (κ2) is 49.3. The van der Waals surface area contributed by atoms with Gasteiger partial charge in [-0.1, -0.05) is 204 Å². The van der Waals surface area contributed by atoms with Gasteiger partial charge in [-0.15, -0.1) is 0 Å². The Morgan fingerprint density at radius 3 is 1.27 bits per heavy atom. The van der Waals surface area contributed by atoms with Crippen LogP contribution in [-0.2, 0) is 42.9 Å². The average molecular weight is 1030 g/mol. The lowest BCUT2D eigenvalue weighted by Gasteiger charge is -2.40. The van der Waals surface area contributed by atoms with Crippen LogP contribution in [0.15, 0.2) is 60.8 Å². The van der Waals surface area contributed by atoms with Gasteiger partial charge in [0, 0.05) is 19.3 Å². The fourth-order valence-electron chi connectivity index (χ4n) is 8.52. The summed E-state index contributed by atoms with van der Waals surface area (Å²) >= 11 is 0. The molecule has 1 fully saturated rings. The normalized spacial score (nSPS) is 18.7. The van der Waals surface area contributed by atoms with Crippen molar-refractivity contribution in [2.45, 2.75) is 289 Å². The number of allylic oxidation sites excluding steroid dienone is 10. The summed E-state index contributed by atoms with van der Waals surface area (Å²) in [5.41, 5.74) is 0. The zero-order valence-corrected chi connectivity index (χ0v) is 46.1. The fourth-order valence-corrected chi connectivity index (χ4v) is 8.52. The van der Waals surface area contributed by atoms with E-state index in [1.54, 1.807) is 0 Å². The standard InChI is InChI=1S/C61H104O12/c1-4-7-10-13-16-19-21-23-25-26-27-28-30-31-33-36-38-41-44-47-53(62)69-50-52(71-54(63)48-45-42-40-37-34-32-29-24-22-20-17-14-11-8-5-2)51-70-61-59(57(66)56(65)58(73-61)60(67)68)72-55(64)49-46-43-39-35-18-15-12-9-6-3/h16-17,19-20,23-25,27-29,52,56-59,61,65-66H,4-15,18,21-22,26,30-51H2,1-3H3,(H,67,68)/b19-16-,20-17-,25-23-,28-27-,29-24-. The largest absolute Gasteiger partial charge is 0.479 e. The molecule has 420 valence electrons. The molecule has 0 bridgehead atoms. The first kappa shape index (κ1) is 67.4. The molecular weight excluding hydrogens is 925 g/mol. The van der Waals surface area contributed by atoms with Crippen LogP contribution >= 0.6 is 0 Å². The van der Waals surface area contributed by atoms with Gasteiger partial charge in [-0.25, -0.2) is 4.79 Å². The molecule has 0 aliphatic carbocycles. The van der Waals surface area contributed by atoms with Crippen molar-refractivity contribution in [3.05, 3.63) is 60.8 Å². The minimum Gasteiger partial charge on any atom is -0.479 e. The highest BCUT2D eigenvalue weighted by Gasteiger charge is 2.50. The van der Waals surface area contributed by atoms with Crippen molar-refractivity contribution in [1.82, 2.24) is 0 Å². The molecular formula is C61H104O12. The molecule has 0 aromatic carbocycles. The van der Waals surface area contributed by atoms with E-state index >= 15 is 0 Å². The predicted molar refractivity (Wildman–Crippen MR) is 294 cm³/mol. The number of hydrogen-bond acceptors (Lipinski definition) is 11. The van der Waals surface area contributed by atoms with Gasteiger partial charge in [0.15, 0.2) is 24.6 Å². The van der Waals surface area contributed by atoms with Crippen LogP contribution in [0, 0.1) is 0 Å². The second-order valence-electron chi connectivity index (χ2n) is 19.9. The van der Waals surface area contributed by atoms with Crippen molar-refractivity contribution in [2.75, 3.05) is 13.2 Å². The minimum atomic E-state index is -1.90. The summed E-state index contributed by atoms with van der Waals surface area (Å²) in [4.78, 5) is 51.0. The molecule has 1 aliphatic heterocycles. The molecule has 12 nitrogen and oxygen atoms in total. The maximum Gasteiger partial charge on any atom is 0.335 e. The minimum absolute atomic E-state index is 0.0580. The number of unbranched alkanes of at least 4 members (excludes halogenated alkanes) is 25. The van der Waals surface area contributed by atoms with Gasteiger partial charge < -0.3 is 39.0 Å². The molecule has 0 aromatic heterocycles. The third-order valence-electron chi connectivity index (χ3n) is 13.1. The maximum absolute atomic E-state index is 13.1. The number of carbonyl (C=O) groups is 4. The van der Waals surface area contributed by atoms with E-state index in [0.717, 1.165) is 122 Å². The van der Waals surface area contributed by atoms with Gasteiger partial charge in [-0.05, 0) is 89.9 Å². The molecule has 0 spiro atoms. The van der Waals surface area contributed by atoms with Gasteiger partial charge in [0.25, 0.3) is 0 Å². The van der Waals surface area contributed by atoms with E-state index in [-0.39, 0.29) is 25.9 Å². The lowest BCUT2D eigenvalue weighted by Crippen LogP contribution is -2.61.